The molecule has 0 unspecified atom stereocenters. The minimum atomic E-state index is -1.52. The molecule has 0 radical (unpaired) electrons. The quantitative estimate of drug-likeness (QED) is 0.811. The molecule has 7 nitrogen and oxygen atoms in total. The Morgan fingerprint density at radius 1 is 0.952 bits per heavy atom. The van der Waals surface area contributed by atoms with Gasteiger partial charge in [0.15, 0.2) is 0 Å². The fraction of sp³-hybridized carbons (Fsp3) is 0.143. The molecule has 0 atom stereocenters. The van der Waals surface area contributed by atoms with Gasteiger partial charge in [-0.3, -0.25) is 9.59 Å². The zero-order valence-electron chi connectivity index (χ0n) is 11.2. The second-order valence-electron chi connectivity index (χ2n) is 4.51. The summed E-state index contributed by atoms with van der Waals surface area (Å²) in [7, 11) is 0. The lowest BCUT2D eigenvalue weighted by Gasteiger charge is -2.18. The van der Waals surface area contributed by atoms with Crippen LogP contribution in [-0.4, -0.2) is 34.0 Å². The molecular weight excluding hydrogens is 278 g/mol. The van der Waals surface area contributed by atoms with Crippen molar-refractivity contribution in [2.45, 2.75) is 13.8 Å². The summed E-state index contributed by atoms with van der Waals surface area (Å²) in [6, 6.07) is 3.62. The van der Waals surface area contributed by atoms with Crippen molar-refractivity contribution in [2.75, 3.05) is 4.90 Å². The Hall–Kier alpha value is -2.96. The van der Waals surface area contributed by atoms with Gasteiger partial charge in [-0.25, -0.2) is 14.5 Å². The van der Waals surface area contributed by atoms with E-state index in [0.29, 0.717) is 4.90 Å². The monoisotopic (exact) mass is 289 g/mol. The van der Waals surface area contributed by atoms with Gasteiger partial charge in [-0.2, -0.15) is 0 Å². The number of aromatic carboxylic acids is 2. The van der Waals surface area contributed by atoms with Crippen LogP contribution in [0.15, 0.2) is 29.3 Å². The average molecular weight is 289 g/mol. The van der Waals surface area contributed by atoms with Gasteiger partial charge in [0.25, 0.3) is 11.8 Å². The van der Waals surface area contributed by atoms with Crippen molar-refractivity contribution < 1.29 is 29.4 Å². The Labute approximate surface area is 119 Å². The van der Waals surface area contributed by atoms with E-state index < -0.39 is 34.9 Å². The Morgan fingerprint density at radius 3 is 1.90 bits per heavy atom. The molecule has 2 amide bonds. The lowest BCUT2D eigenvalue weighted by atomic mass is 10.0. The highest BCUT2D eigenvalue weighted by atomic mass is 16.4. The summed E-state index contributed by atoms with van der Waals surface area (Å²) in [4.78, 5) is 47.4. The zero-order valence-corrected chi connectivity index (χ0v) is 11.2. The molecule has 1 heterocycles. The topological polar surface area (TPSA) is 112 Å². The molecule has 1 aliphatic rings. The molecule has 0 aliphatic carbocycles. The van der Waals surface area contributed by atoms with Gasteiger partial charge >= 0.3 is 11.9 Å². The zero-order chi connectivity index (χ0) is 15.9. The minimum absolute atomic E-state index is 0.206. The first-order chi connectivity index (χ1) is 9.77. The number of hydrogen-bond acceptors (Lipinski definition) is 4. The van der Waals surface area contributed by atoms with Crippen LogP contribution < -0.4 is 4.90 Å². The van der Waals surface area contributed by atoms with Crippen LogP contribution in [0.4, 0.5) is 5.69 Å². The first kappa shape index (κ1) is 14.4. The fourth-order valence-electron chi connectivity index (χ4n) is 2.10. The Balaban J connectivity index is 2.70. The summed E-state index contributed by atoms with van der Waals surface area (Å²) in [6.45, 7) is 2.91. The van der Waals surface area contributed by atoms with Gasteiger partial charge < -0.3 is 10.2 Å². The second-order valence-corrected chi connectivity index (χ2v) is 4.51. The van der Waals surface area contributed by atoms with Crippen molar-refractivity contribution in [3.8, 4) is 0 Å². The van der Waals surface area contributed by atoms with E-state index in [0.717, 1.165) is 6.07 Å². The third-order valence-electron chi connectivity index (χ3n) is 3.34. The van der Waals surface area contributed by atoms with Crippen molar-refractivity contribution in [2.24, 2.45) is 0 Å². The van der Waals surface area contributed by atoms with Crippen LogP contribution in [0.25, 0.3) is 0 Å². The van der Waals surface area contributed by atoms with E-state index in [1.54, 1.807) is 0 Å². The van der Waals surface area contributed by atoms with Gasteiger partial charge in [-0.05, 0) is 26.0 Å². The van der Waals surface area contributed by atoms with Crippen LogP contribution in [0.2, 0.25) is 0 Å². The predicted molar refractivity (Wildman–Crippen MR) is 71.2 cm³/mol. The average Bonchev–Trinajstić information content (AvgIpc) is 2.62. The Bertz CT molecular complexity index is 707. The third-order valence-corrected chi connectivity index (χ3v) is 3.34. The Kier molecular flexibility index (Phi) is 3.34. The number of nitrogens with zero attached hydrogens (tertiary/aromatic N) is 1. The predicted octanol–water partition coefficient (Wildman–Crippen LogP) is 1.29. The van der Waals surface area contributed by atoms with Gasteiger partial charge in [-0.15, -0.1) is 0 Å². The maximum absolute atomic E-state index is 12.1. The molecule has 1 aromatic carbocycles. The minimum Gasteiger partial charge on any atom is -0.478 e. The van der Waals surface area contributed by atoms with E-state index in [4.69, 9.17) is 5.11 Å². The molecule has 0 saturated carbocycles. The Morgan fingerprint density at radius 2 is 1.48 bits per heavy atom. The van der Waals surface area contributed by atoms with Crippen LogP contribution in [0.3, 0.4) is 0 Å². The number of benzene rings is 1. The summed E-state index contributed by atoms with van der Waals surface area (Å²) in [5.74, 6) is -4.27. The highest BCUT2D eigenvalue weighted by Gasteiger charge is 2.37. The second kappa shape index (κ2) is 4.86. The van der Waals surface area contributed by atoms with E-state index in [9.17, 15) is 24.3 Å². The van der Waals surface area contributed by atoms with Crippen LogP contribution >= 0.6 is 0 Å². The standard InChI is InChI=1S/C14H11NO6/c1-6-7(2)12(17)15(11(6)16)9-5-3-4-8(13(18)19)10(9)14(20)21/h3-5H,1-2H3,(H,18,19)(H,20,21). The van der Waals surface area contributed by atoms with Crippen molar-refractivity contribution >= 4 is 29.4 Å². The summed E-state index contributed by atoms with van der Waals surface area (Å²) in [5, 5.41) is 18.3. The number of rotatable bonds is 3. The molecule has 2 N–H and O–H groups in total. The van der Waals surface area contributed by atoms with E-state index >= 15 is 0 Å². The number of carboxylic acids is 2. The summed E-state index contributed by atoms with van der Waals surface area (Å²) in [5.41, 5.74) is -0.903. The number of hydrogen-bond donors (Lipinski definition) is 2. The molecule has 7 heteroatoms. The molecule has 1 aromatic rings. The maximum atomic E-state index is 12.1. The highest BCUT2D eigenvalue weighted by Crippen LogP contribution is 2.31. The highest BCUT2D eigenvalue weighted by molar-refractivity contribution is 6.33. The first-order valence-electron chi connectivity index (χ1n) is 5.93. The van der Waals surface area contributed by atoms with Gasteiger partial charge in [-0.1, -0.05) is 6.07 Å². The number of anilines is 1. The van der Waals surface area contributed by atoms with Crippen molar-refractivity contribution in [1.82, 2.24) is 0 Å². The number of carbonyl (C=O) groups is 4. The molecule has 0 fully saturated rings. The lowest BCUT2D eigenvalue weighted by molar-refractivity contribution is -0.120. The summed E-state index contributed by atoms with van der Waals surface area (Å²) >= 11 is 0. The van der Waals surface area contributed by atoms with Gasteiger partial charge in [0.05, 0.1) is 16.8 Å². The van der Waals surface area contributed by atoms with Crippen molar-refractivity contribution in [3.05, 3.63) is 40.5 Å². The molecule has 1 aliphatic heterocycles. The molecule has 21 heavy (non-hydrogen) atoms. The molecule has 0 spiro atoms. The molecule has 108 valence electrons. The largest absolute Gasteiger partial charge is 0.478 e. The lowest BCUT2D eigenvalue weighted by Crippen LogP contribution is -2.33. The summed E-state index contributed by atoms with van der Waals surface area (Å²) in [6.07, 6.45) is 0. The number of carbonyl (C=O) groups excluding carboxylic acids is 2. The van der Waals surface area contributed by atoms with E-state index in [1.165, 1.54) is 26.0 Å². The molecular formula is C14H11NO6. The SMILES string of the molecule is CC1=C(C)C(=O)N(c2cccc(C(=O)O)c2C(=O)O)C1=O. The van der Waals surface area contributed by atoms with Gasteiger partial charge in [0, 0.05) is 11.1 Å². The van der Waals surface area contributed by atoms with Crippen LogP contribution in [0, 0.1) is 0 Å². The van der Waals surface area contributed by atoms with Crippen LogP contribution in [0.5, 0.6) is 0 Å². The normalized spacial score (nSPS) is 14.9. The molecule has 0 bridgehead atoms. The number of imide groups is 1. The van der Waals surface area contributed by atoms with E-state index in [-0.39, 0.29) is 16.8 Å². The van der Waals surface area contributed by atoms with Crippen molar-refractivity contribution in [1.29, 1.82) is 0 Å². The van der Waals surface area contributed by atoms with Gasteiger partial charge in [0.1, 0.15) is 0 Å². The van der Waals surface area contributed by atoms with E-state index in [2.05, 4.69) is 0 Å². The maximum Gasteiger partial charge on any atom is 0.338 e. The first-order valence-corrected chi connectivity index (χ1v) is 5.93. The van der Waals surface area contributed by atoms with Gasteiger partial charge in [0.2, 0.25) is 0 Å². The number of amides is 2. The summed E-state index contributed by atoms with van der Waals surface area (Å²) < 4.78 is 0. The molecule has 0 saturated heterocycles. The number of carboxylic acid groups (broad SMARTS) is 2. The van der Waals surface area contributed by atoms with Crippen molar-refractivity contribution in [3.63, 3.8) is 0 Å². The molecule has 2 rings (SSSR count). The fourth-order valence-corrected chi connectivity index (χ4v) is 2.10. The third kappa shape index (κ3) is 2.08. The van der Waals surface area contributed by atoms with Crippen LogP contribution in [-0.2, 0) is 9.59 Å². The van der Waals surface area contributed by atoms with Crippen LogP contribution in [0.1, 0.15) is 34.6 Å². The smallest absolute Gasteiger partial charge is 0.338 e. The van der Waals surface area contributed by atoms with E-state index in [1.807, 2.05) is 0 Å². The molecule has 0 aromatic heterocycles.